The molecular weight excluding hydrogens is 338 g/mol. The van der Waals surface area contributed by atoms with E-state index in [4.69, 9.17) is 4.74 Å². The lowest BCUT2D eigenvalue weighted by Gasteiger charge is -2.27. The van der Waals surface area contributed by atoms with Crippen LogP contribution in [-0.2, 0) is 23.0 Å². The number of ether oxygens (including phenoxy) is 1. The van der Waals surface area contributed by atoms with Crippen LogP contribution in [-0.4, -0.2) is 37.6 Å². The van der Waals surface area contributed by atoms with Crippen molar-refractivity contribution in [3.05, 3.63) is 59.7 Å². The number of aliphatic hydroxyl groups is 1. The van der Waals surface area contributed by atoms with Crippen molar-refractivity contribution in [1.29, 1.82) is 0 Å². The van der Waals surface area contributed by atoms with Gasteiger partial charge in [-0.1, -0.05) is 30.3 Å². The third-order valence-electron chi connectivity index (χ3n) is 3.99. The van der Waals surface area contributed by atoms with Crippen LogP contribution >= 0.6 is 0 Å². The normalized spacial score (nSPS) is 11.9. The average molecular weight is 363 g/mol. The highest BCUT2D eigenvalue weighted by molar-refractivity contribution is 7.89. The van der Waals surface area contributed by atoms with Crippen molar-refractivity contribution in [3.63, 3.8) is 0 Å². The largest absolute Gasteiger partial charge is 0.497 e. The van der Waals surface area contributed by atoms with Crippen LogP contribution in [0.5, 0.6) is 5.75 Å². The third-order valence-corrected chi connectivity index (χ3v) is 6.11. The molecule has 2 aromatic carbocycles. The van der Waals surface area contributed by atoms with Gasteiger partial charge >= 0.3 is 0 Å². The molecule has 5 nitrogen and oxygen atoms in total. The molecule has 0 heterocycles. The molecule has 0 amide bonds. The second-order valence-corrected chi connectivity index (χ2v) is 7.94. The molecule has 0 unspecified atom stereocenters. The first-order chi connectivity index (χ1) is 11.9. The summed E-state index contributed by atoms with van der Waals surface area (Å²) in [7, 11) is -2.18. The summed E-state index contributed by atoms with van der Waals surface area (Å²) in [6.07, 6.45) is 0.253. The van der Waals surface area contributed by atoms with E-state index < -0.39 is 10.0 Å². The Morgan fingerprint density at radius 3 is 2.36 bits per heavy atom. The van der Waals surface area contributed by atoms with Crippen LogP contribution in [0.4, 0.5) is 0 Å². The van der Waals surface area contributed by atoms with Gasteiger partial charge in [0.05, 0.1) is 12.0 Å². The summed E-state index contributed by atoms with van der Waals surface area (Å²) in [4.78, 5) is 0.215. The Hall–Kier alpha value is -1.89. The maximum absolute atomic E-state index is 13.3. The smallest absolute Gasteiger partial charge is 0.243 e. The monoisotopic (exact) mass is 363 g/mol. The molecule has 6 heteroatoms. The third kappa shape index (κ3) is 4.60. The molecule has 2 rings (SSSR count). The average Bonchev–Trinajstić information content (AvgIpc) is 2.60. The van der Waals surface area contributed by atoms with Crippen LogP contribution in [0.3, 0.4) is 0 Å². The molecule has 1 N–H and O–H groups in total. The molecule has 0 saturated heterocycles. The molecular formula is C19H25NO4S. The van der Waals surface area contributed by atoms with Crippen LogP contribution in [0.1, 0.15) is 25.0 Å². The quantitative estimate of drug-likeness (QED) is 0.783. The lowest BCUT2D eigenvalue weighted by molar-refractivity contribution is 0.298. The number of hydrogen-bond donors (Lipinski definition) is 1. The summed E-state index contributed by atoms with van der Waals surface area (Å²) in [5, 5.41) is 9.31. The van der Waals surface area contributed by atoms with Gasteiger partial charge in [0.2, 0.25) is 10.0 Å². The number of methoxy groups -OCH3 is 1. The van der Waals surface area contributed by atoms with E-state index in [1.54, 1.807) is 18.2 Å². The zero-order valence-electron chi connectivity index (χ0n) is 14.8. The first kappa shape index (κ1) is 19.4. The predicted molar refractivity (Wildman–Crippen MR) is 98.1 cm³/mol. The first-order valence-corrected chi connectivity index (χ1v) is 9.67. The van der Waals surface area contributed by atoms with Gasteiger partial charge in [0.25, 0.3) is 0 Å². The zero-order valence-corrected chi connectivity index (χ0v) is 15.7. The molecule has 25 heavy (non-hydrogen) atoms. The van der Waals surface area contributed by atoms with E-state index in [2.05, 4.69) is 0 Å². The van der Waals surface area contributed by atoms with Crippen molar-refractivity contribution in [2.75, 3.05) is 13.7 Å². The van der Waals surface area contributed by atoms with Crippen molar-refractivity contribution >= 4 is 10.0 Å². The van der Waals surface area contributed by atoms with Gasteiger partial charge in [-0.05, 0) is 49.6 Å². The molecule has 0 aliphatic carbocycles. The van der Waals surface area contributed by atoms with Crippen LogP contribution in [0.15, 0.2) is 53.4 Å². The maximum Gasteiger partial charge on any atom is 0.243 e. The molecule has 0 aliphatic rings. The van der Waals surface area contributed by atoms with Gasteiger partial charge in [0.15, 0.2) is 0 Å². The van der Waals surface area contributed by atoms with E-state index in [1.807, 2.05) is 44.2 Å². The molecule has 2 aromatic rings. The van der Waals surface area contributed by atoms with Gasteiger partial charge < -0.3 is 9.84 Å². The van der Waals surface area contributed by atoms with E-state index >= 15 is 0 Å². The fourth-order valence-corrected chi connectivity index (χ4v) is 4.54. The van der Waals surface area contributed by atoms with Crippen LogP contribution in [0, 0.1) is 0 Å². The first-order valence-electron chi connectivity index (χ1n) is 8.23. The molecule has 136 valence electrons. The Kier molecular flexibility index (Phi) is 6.58. The number of benzene rings is 2. The van der Waals surface area contributed by atoms with Gasteiger partial charge in [-0.2, -0.15) is 4.31 Å². The Morgan fingerprint density at radius 2 is 1.80 bits per heavy atom. The lowest BCUT2D eigenvalue weighted by Crippen LogP contribution is -2.36. The highest BCUT2D eigenvalue weighted by atomic mass is 32.2. The highest BCUT2D eigenvalue weighted by Gasteiger charge is 2.29. The molecule has 0 aromatic heterocycles. The van der Waals surface area contributed by atoms with Crippen LogP contribution in [0.25, 0.3) is 0 Å². The molecule has 0 radical (unpaired) electrons. The molecule has 0 spiro atoms. The summed E-state index contributed by atoms with van der Waals surface area (Å²) in [6, 6.07) is 14.2. The zero-order chi connectivity index (χ0) is 18.4. The minimum atomic E-state index is -3.71. The minimum Gasteiger partial charge on any atom is -0.497 e. The summed E-state index contributed by atoms with van der Waals surface area (Å²) in [6.45, 7) is 3.88. The number of rotatable bonds is 8. The topological polar surface area (TPSA) is 66.8 Å². The molecule has 0 aliphatic heterocycles. The van der Waals surface area contributed by atoms with Gasteiger partial charge in [0.1, 0.15) is 5.75 Å². The Labute approximate surface area is 149 Å². The minimum absolute atomic E-state index is 0.129. The maximum atomic E-state index is 13.3. The number of hydrogen-bond acceptors (Lipinski definition) is 4. The standard InChI is InChI=1S/C19H25NO4S/c1-15(2)20(14-16-7-5-4-6-8-16)25(22,23)19-10-9-18(24-3)13-17(19)11-12-21/h4-10,13,15,21H,11-12,14H2,1-3H3. The Morgan fingerprint density at radius 1 is 1.12 bits per heavy atom. The van der Waals surface area contributed by atoms with Crippen molar-refractivity contribution in [3.8, 4) is 5.75 Å². The number of sulfonamides is 1. The summed E-state index contributed by atoms with van der Waals surface area (Å²) >= 11 is 0. The van der Waals surface area contributed by atoms with E-state index in [0.717, 1.165) is 5.56 Å². The summed E-state index contributed by atoms with van der Waals surface area (Å²) < 4.78 is 33.2. The fraction of sp³-hybridized carbons (Fsp3) is 0.368. The van der Waals surface area contributed by atoms with Crippen LogP contribution < -0.4 is 4.74 Å². The number of aliphatic hydroxyl groups excluding tert-OH is 1. The molecule has 0 saturated carbocycles. The van der Waals surface area contributed by atoms with Gasteiger partial charge in [-0.3, -0.25) is 0 Å². The second-order valence-electron chi connectivity index (χ2n) is 6.08. The van der Waals surface area contributed by atoms with Crippen molar-refractivity contribution < 1.29 is 18.3 Å². The lowest BCUT2D eigenvalue weighted by atomic mass is 10.1. The summed E-state index contributed by atoms with van der Waals surface area (Å²) in [5.74, 6) is 0.571. The number of nitrogens with zero attached hydrogens (tertiary/aromatic N) is 1. The van der Waals surface area contributed by atoms with E-state index in [1.165, 1.54) is 11.4 Å². The van der Waals surface area contributed by atoms with E-state index in [0.29, 0.717) is 17.9 Å². The fourth-order valence-electron chi connectivity index (χ4n) is 2.69. The predicted octanol–water partition coefficient (Wildman–Crippen LogP) is 2.83. The van der Waals surface area contributed by atoms with E-state index in [-0.39, 0.29) is 24.0 Å². The van der Waals surface area contributed by atoms with Crippen molar-refractivity contribution in [2.45, 2.75) is 37.8 Å². The molecule has 0 bridgehead atoms. The van der Waals surface area contributed by atoms with Crippen LogP contribution in [0.2, 0.25) is 0 Å². The van der Waals surface area contributed by atoms with Crippen molar-refractivity contribution in [2.24, 2.45) is 0 Å². The van der Waals surface area contributed by atoms with Gasteiger partial charge in [0, 0.05) is 19.2 Å². The second kappa shape index (κ2) is 8.47. The molecule has 0 fully saturated rings. The highest BCUT2D eigenvalue weighted by Crippen LogP contribution is 2.27. The van der Waals surface area contributed by atoms with E-state index in [9.17, 15) is 13.5 Å². The van der Waals surface area contributed by atoms with Gasteiger partial charge in [-0.15, -0.1) is 0 Å². The Bertz CT molecular complexity index is 788. The Balaban J connectivity index is 2.46. The van der Waals surface area contributed by atoms with Crippen molar-refractivity contribution in [1.82, 2.24) is 4.31 Å². The molecule has 0 atom stereocenters. The SMILES string of the molecule is COc1ccc(S(=O)(=O)N(Cc2ccccc2)C(C)C)c(CCO)c1. The van der Waals surface area contributed by atoms with Gasteiger partial charge in [-0.25, -0.2) is 8.42 Å². The summed E-state index contributed by atoms with van der Waals surface area (Å²) in [5.41, 5.74) is 1.48.